The van der Waals surface area contributed by atoms with Gasteiger partial charge in [-0.1, -0.05) is 0 Å². The average molecular weight is 257 g/mol. The van der Waals surface area contributed by atoms with Gasteiger partial charge in [0.1, 0.15) is 5.39 Å². The summed E-state index contributed by atoms with van der Waals surface area (Å²) in [6.45, 7) is 1.81. The van der Waals surface area contributed by atoms with Gasteiger partial charge in [-0.3, -0.25) is 9.48 Å². The van der Waals surface area contributed by atoms with Crippen molar-refractivity contribution in [3.8, 4) is 0 Å². The number of H-pyrrole nitrogens is 1. The highest BCUT2D eigenvalue weighted by atomic mass is 79.9. The van der Waals surface area contributed by atoms with Gasteiger partial charge in [0, 0.05) is 12.7 Å². The lowest BCUT2D eigenvalue weighted by Crippen LogP contribution is -2.09. The highest BCUT2D eigenvalue weighted by Crippen LogP contribution is 2.25. The number of nitrogens with one attached hydrogen (secondary N) is 1. The molecule has 0 aromatic carbocycles. The molecule has 0 spiro atoms. The van der Waals surface area contributed by atoms with Gasteiger partial charge in [0.15, 0.2) is 5.82 Å². The maximum atomic E-state index is 11.6. The third-order valence-corrected chi connectivity index (χ3v) is 3.11. The van der Waals surface area contributed by atoms with E-state index in [9.17, 15) is 4.79 Å². The summed E-state index contributed by atoms with van der Waals surface area (Å²) in [5, 5.41) is 4.43. The molecule has 0 unspecified atom stereocenters. The molecule has 0 aliphatic heterocycles. The van der Waals surface area contributed by atoms with Crippen LogP contribution in [0.15, 0.2) is 9.27 Å². The number of hydrogen-bond acceptors (Lipinski definition) is 3. The summed E-state index contributed by atoms with van der Waals surface area (Å²) in [7, 11) is 1.75. The van der Waals surface area contributed by atoms with Crippen LogP contribution in [0.3, 0.4) is 0 Å². The maximum absolute atomic E-state index is 11.6. The molecule has 0 atom stereocenters. The van der Waals surface area contributed by atoms with E-state index in [0.29, 0.717) is 5.39 Å². The molecule has 0 saturated carbocycles. The molecule has 0 aliphatic rings. The van der Waals surface area contributed by atoms with Crippen molar-refractivity contribution < 1.29 is 0 Å². The Labute approximate surface area is 88.0 Å². The van der Waals surface area contributed by atoms with Gasteiger partial charge in [0.25, 0.3) is 5.56 Å². The topological polar surface area (TPSA) is 76.7 Å². The van der Waals surface area contributed by atoms with Gasteiger partial charge in [-0.2, -0.15) is 5.10 Å². The van der Waals surface area contributed by atoms with E-state index >= 15 is 0 Å². The third kappa shape index (κ3) is 1.07. The predicted octanol–water partition coefficient (Wildman–Crippen LogP) is 0.915. The lowest BCUT2D eigenvalue weighted by Gasteiger charge is -2.00. The van der Waals surface area contributed by atoms with Crippen LogP contribution in [0, 0.1) is 6.92 Å². The van der Waals surface area contributed by atoms with Crippen LogP contribution in [0.1, 0.15) is 5.69 Å². The van der Waals surface area contributed by atoms with Crippen LogP contribution < -0.4 is 11.3 Å². The van der Waals surface area contributed by atoms with E-state index in [1.807, 2.05) is 6.92 Å². The molecule has 0 aliphatic carbocycles. The number of nitrogen functional groups attached to an aromatic ring is 1. The van der Waals surface area contributed by atoms with Crippen molar-refractivity contribution in [1.82, 2.24) is 14.8 Å². The first-order valence-corrected chi connectivity index (χ1v) is 4.82. The molecule has 2 aromatic rings. The van der Waals surface area contributed by atoms with Gasteiger partial charge in [0.05, 0.1) is 9.99 Å². The number of halogens is 1. The maximum Gasteiger partial charge on any atom is 0.261 e. The van der Waals surface area contributed by atoms with Crippen molar-refractivity contribution in [3.05, 3.63) is 20.5 Å². The Morgan fingerprint density at radius 3 is 2.86 bits per heavy atom. The molecular formula is C8H9BrN4O. The van der Waals surface area contributed by atoms with Gasteiger partial charge < -0.3 is 10.7 Å². The van der Waals surface area contributed by atoms with Gasteiger partial charge in [0.2, 0.25) is 0 Å². The summed E-state index contributed by atoms with van der Waals surface area (Å²) < 4.78 is 2.41. The summed E-state index contributed by atoms with van der Waals surface area (Å²) in [6.07, 6.45) is 0. The second kappa shape index (κ2) is 2.84. The molecule has 3 N–H and O–H groups in total. The molecule has 0 radical (unpaired) electrons. The summed E-state index contributed by atoms with van der Waals surface area (Å²) >= 11 is 3.39. The van der Waals surface area contributed by atoms with Crippen LogP contribution in [0.2, 0.25) is 0 Å². The third-order valence-electron chi connectivity index (χ3n) is 2.14. The molecule has 0 amide bonds. The molecule has 0 fully saturated rings. The fourth-order valence-corrected chi connectivity index (χ4v) is 2.04. The number of nitrogens with two attached hydrogens (primary N) is 1. The Bertz CT molecular complexity index is 569. The molecule has 2 heterocycles. The Balaban J connectivity index is 3.13. The SMILES string of the molecule is Cc1[nH]c(=O)c2c(N)nn(C)c2c1Br. The first-order chi connectivity index (χ1) is 6.52. The number of hydrogen-bond donors (Lipinski definition) is 2. The summed E-state index contributed by atoms with van der Waals surface area (Å²) in [5.41, 5.74) is 6.92. The largest absolute Gasteiger partial charge is 0.382 e. The minimum absolute atomic E-state index is 0.202. The van der Waals surface area contributed by atoms with Crippen LogP contribution in [0.4, 0.5) is 5.82 Å². The molecule has 2 rings (SSSR count). The molecule has 0 saturated heterocycles. The molecule has 74 valence electrons. The van der Waals surface area contributed by atoms with Crippen LogP contribution in [-0.2, 0) is 7.05 Å². The Morgan fingerprint density at radius 2 is 2.21 bits per heavy atom. The van der Waals surface area contributed by atoms with Crippen LogP contribution in [-0.4, -0.2) is 14.8 Å². The van der Waals surface area contributed by atoms with Crippen molar-refractivity contribution in [2.24, 2.45) is 7.05 Å². The highest BCUT2D eigenvalue weighted by molar-refractivity contribution is 9.10. The fraction of sp³-hybridized carbons (Fsp3) is 0.250. The quantitative estimate of drug-likeness (QED) is 0.736. The normalized spacial score (nSPS) is 11.1. The number of aromatic nitrogens is 3. The Hall–Kier alpha value is -1.30. The lowest BCUT2D eigenvalue weighted by molar-refractivity contribution is 0.799. The van der Waals surface area contributed by atoms with E-state index in [1.54, 1.807) is 11.7 Å². The first kappa shape index (κ1) is 9.26. The number of fused-ring (bicyclic) bond motifs is 1. The zero-order valence-corrected chi connectivity index (χ0v) is 9.34. The van der Waals surface area contributed by atoms with Crippen molar-refractivity contribution in [1.29, 1.82) is 0 Å². The summed E-state index contributed by atoms with van der Waals surface area (Å²) in [5.74, 6) is 0.254. The van der Waals surface area contributed by atoms with Crippen LogP contribution in [0.25, 0.3) is 10.9 Å². The number of pyridine rings is 1. The highest BCUT2D eigenvalue weighted by Gasteiger charge is 2.14. The zero-order chi connectivity index (χ0) is 10.5. The number of anilines is 1. The van der Waals surface area contributed by atoms with E-state index in [0.717, 1.165) is 15.7 Å². The van der Waals surface area contributed by atoms with Crippen molar-refractivity contribution in [3.63, 3.8) is 0 Å². The second-order valence-electron chi connectivity index (χ2n) is 3.13. The van der Waals surface area contributed by atoms with E-state index in [1.165, 1.54) is 0 Å². The minimum atomic E-state index is -0.202. The number of aromatic amines is 1. The van der Waals surface area contributed by atoms with Gasteiger partial charge in [-0.15, -0.1) is 0 Å². The predicted molar refractivity (Wildman–Crippen MR) is 58.2 cm³/mol. The van der Waals surface area contributed by atoms with E-state index in [2.05, 4.69) is 26.0 Å². The van der Waals surface area contributed by atoms with E-state index in [-0.39, 0.29) is 11.4 Å². The van der Waals surface area contributed by atoms with E-state index < -0.39 is 0 Å². The molecule has 6 heteroatoms. The minimum Gasteiger partial charge on any atom is -0.382 e. The number of rotatable bonds is 0. The number of nitrogens with zero attached hydrogens (tertiary/aromatic N) is 2. The van der Waals surface area contributed by atoms with Gasteiger partial charge >= 0.3 is 0 Å². The van der Waals surface area contributed by atoms with Crippen LogP contribution in [0.5, 0.6) is 0 Å². The second-order valence-corrected chi connectivity index (χ2v) is 3.92. The zero-order valence-electron chi connectivity index (χ0n) is 7.76. The average Bonchev–Trinajstić information content (AvgIpc) is 2.38. The Kier molecular flexibility index (Phi) is 1.88. The molecule has 0 bridgehead atoms. The standard InChI is InChI=1S/C8H9BrN4O/c1-3-5(9)6-4(8(14)11-3)7(10)12-13(6)2/h1-2H3,(H2,10,12)(H,11,14). The van der Waals surface area contributed by atoms with Gasteiger partial charge in [-0.05, 0) is 22.9 Å². The molecule has 5 nitrogen and oxygen atoms in total. The fourth-order valence-electron chi connectivity index (χ4n) is 1.49. The molecule has 14 heavy (non-hydrogen) atoms. The monoisotopic (exact) mass is 256 g/mol. The summed E-state index contributed by atoms with van der Waals surface area (Å²) in [4.78, 5) is 14.3. The lowest BCUT2D eigenvalue weighted by atomic mass is 10.3. The first-order valence-electron chi connectivity index (χ1n) is 4.03. The van der Waals surface area contributed by atoms with Crippen molar-refractivity contribution in [2.45, 2.75) is 6.92 Å². The molecule has 2 aromatic heterocycles. The Morgan fingerprint density at radius 1 is 1.57 bits per heavy atom. The van der Waals surface area contributed by atoms with E-state index in [4.69, 9.17) is 5.73 Å². The van der Waals surface area contributed by atoms with Crippen molar-refractivity contribution in [2.75, 3.05) is 5.73 Å². The molecular weight excluding hydrogens is 248 g/mol. The van der Waals surface area contributed by atoms with Crippen molar-refractivity contribution >= 4 is 32.7 Å². The van der Waals surface area contributed by atoms with Gasteiger partial charge in [-0.25, -0.2) is 0 Å². The number of aryl methyl sites for hydroxylation is 2. The van der Waals surface area contributed by atoms with Crippen LogP contribution >= 0.6 is 15.9 Å². The summed E-state index contributed by atoms with van der Waals surface area (Å²) in [6, 6.07) is 0. The smallest absolute Gasteiger partial charge is 0.261 e.